The fourth-order valence-corrected chi connectivity index (χ4v) is 8.85. The highest BCUT2D eigenvalue weighted by Gasteiger charge is 2.35. The summed E-state index contributed by atoms with van der Waals surface area (Å²) in [6.45, 7) is 12.2. The third-order valence-electron chi connectivity index (χ3n) is 10.9. The zero-order valence-electron chi connectivity index (χ0n) is 30.4. The molecule has 52 heavy (non-hydrogen) atoms. The van der Waals surface area contributed by atoms with Crippen LogP contribution in [0, 0.1) is 17.8 Å². The average molecular weight is 727 g/mol. The Kier molecular flexibility index (Phi) is 11.2. The maximum Gasteiger partial charge on any atom is 0.435 e. The van der Waals surface area contributed by atoms with Crippen molar-refractivity contribution in [2.45, 2.75) is 65.0 Å². The lowest BCUT2D eigenvalue weighted by atomic mass is 9.75. The summed E-state index contributed by atoms with van der Waals surface area (Å²) in [5.41, 5.74) is 2.95. The van der Waals surface area contributed by atoms with Gasteiger partial charge in [0.1, 0.15) is 6.10 Å². The van der Waals surface area contributed by atoms with Crippen LogP contribution in [0.5, 0.6) is 0 Å². The SMILES string of the molecule is CC(C)[C@@H]1CC[C@@H](C)C[C@H]1OC(=O)n1nc(NC(=O)c2ccc(N3CCOCC3)cc2)c2sc(C(=O)N[C@H](CN3CCCC3)c3ccccc3)cc21. The van der Waals surface area contributed by atoms with Gasteiger partial charge in [-0.25, -0.2) is 4.79 Å². The molecule has 2 N–H and O–H groups in total. The quantitative estimate of drug-likeness (QED) is 0.176. The summed E-state index contributed by atoms with van der Waals surface area (Å²) in [6, 6.07) is 18.9. The van der Waals surface area contributed by atoms with E-state index in [4.69, 9.17) is 9.47 Å². The van der Waals surface area contributed by atoms with Crippen molar-refractivity contribution in [3.8, 4) is 0 Å². The molecule has 0 spiro atoms. The predicted octanol–water partition coefficient (Wildman–Crippen LogP) is 7.20. The fourth-order valence-electron chi connectivity index (χ4n) is 7.87. The van der Waals surface area contributed by atoms with Crippen LogP contribution in [-0.2, 0) is 9.47 Å². The van der Waals surface area contributed by atoms with Crippen LogP contribution < -0.4 is 15.5 Å². The van der Waals surface area contributed by atoms with Gasteiger partial charge < -0.3 is 29.9 Å². The summed E-state index contributed by atoms with van der Waals surface area (Å²) in [7, 11) is 0. The van der Waals surface area contributed by atoms with E-state index >= 15 is 0 Å². The van der Waals surface area contributed by atoms with Crippen LogP contribution >= 0.6 is 11.3 Å². The van der Waals surface area contributed by atoms with Crippen molar-refractivity contribution < 1.29 is 23.9 Å². The number of carbonyl (C=O) groups is 3. The maximum absolute atomic E-state index is 14.0. The number of ether oxygens (including phenoxy) is 2. The van der Waals surface area contributed by atoms with Gasteiger partial charge in [0, 0.05) is 30.9 Å². The van der Waals surface area contributed by atoms with Crippen molar-refractivity contribution in [3.05, 3.63) is 76.7 Å². The number of fused-ring (bicyclic) bond motifs is 1. The van der Waals surface area contributed by atoms with E-state index < -0.39 is 6.09 Å². The van der Waals surface area contributed by atoms with E-state index in [0.717, 1.165) is 69.5 Å². The lowest BCUT2D eigenvalue weighted by Gasteiger charge is -2.36. The highest BCUT2D eigenvalue weighted by atomic mass is 32.1. The molecular weight excluding hydrogens is 677 g/mol. The van der Waals surface area contributed by atoms with E-state index in [1.165, 1.54) is 16.0 Å². The lowest BCUT2D eigenvalue weighted by molar-refractivity contribution is 0.00596. The molecule has 4 atom stereocenters. The summed E-state index contributed by atoms with van der Waals surface area (Å²) in [4.78, 5) is 46.6. The molecule has 11 nitrogen and oxygen atoms in total. The van der Waals surface area contributed by atoms with Crippen LogP contribution in [0.25, 0.3) is 10.2 Å². The van der Waals surface area contributed by atoms with E-state index in [1.54, 1.807) is 18.2 Å². The Balaban J connectivity index is 1.17. The van der Waals surface area contributed by atoms with E-state index in [-0.39, 0.29) is 35.7 Å². The number of rotatable bonds is 10. The number of likely N-dealkylation sites (tertiary alicyclic amines) is 1. The molecule has 1 saturated carbocycles. The first-order valence-electron chi connectivity index (χ1n) is 18.8. The van der Waals surface area contributed by atoms with Gasteiger partial charge in [-0.05, 0) is 92.4 Å². The van der Waals surface area contributed by atoms with Crippen LogP contribution in [-0.4, -0.2) is 84.6 Å². The highest BCUT2D eigenvalue weighted by molar-refractivity contribution is 7.21. The molecule has 276 valence electrons. The number of nitrogens with one attached hydrogen (secondary N) is 2. The average Bonchev–Trinajstić information content (AvgIpc) is 3.91. The molecule has 2 aromatic heterocycles. The second kappa shape index (κ2) is 16.2. The molecule has 4 heterocycles. The number of benzene rings is 2. The van der Waals surface area contributed by atoms with Crippen LogP contribution in [0.3, 0.4) is 0 Å². The molecule has 7 rings (SSSR count). The number of anilines is 2. The van der Waals surface area contributed by atoms with Crippen LogP contribution in [0.4, 0.5) is 16.3 Å². The number of morpholine rings is 1. The number of amides is 2. The Morgan fingerprint density at radius 3 is 2.40 bits per heavy atom. The zero-order valence-corrected chi connectivity index (χ0v) is 31.2. The van der Waals surface area contributed by atoms with Gasteiger partial charge in [-0.15, -0.1) is 16.4 Å². The number of carbonyl (C=O) groups excluding carboxylic acids is 3. The first-order valence-corrected chi connectivity index (χ1v) is 19.6. The number of thiophene rings is 1. The predicted molar refractivity (Wildman–Crippen MR) is 204 cm³/mol. The molecular formula is C40H50N6O5S. The van der Waals surface area contributed by atoms with E-state index in [9.17, 15) is 14.4 Å². The molecule has 3 fully saturated rings. The molecule has 2 aromatic carbocycles. The van der Waals surface area contributed by atoms with Gasteiger partial charge in [0.05, 0.1) is 34.3 Å². The van der Waals surface area contributed by atoms with Crippen LogP contribution in [0.2, 0.25) is 0 Å². The standard InChI is InChI=1S/C40H50N6O5S/c1-26(2)31-16-11-27(3)23-34(31)51-40(49)46-33-24-35(39(48)41-32(25-44-17-7-8-18-44)28-9-5-4-6-10-28)52-36(33)37(43-46)42-38(47)29-12-14-30(15-13-29)45-19-21-50-22-20-45/h4-6,9-10,12-15,24,26-27,31-32,34H,7-8,11,16-23,25H2,1-3H3,(H,41,48)(H,42,43,47)/t27-,31+,32-,34-/m1/s1. The van der Waals surface area contributed by atoms with Crippen molar-refractivity contribution in [2.75, 3.05) is 56.2 Å². The maximum atomic E-state index is 14.0. The number of aromatic nitrogens is 2. The Labute approximate surface area is 309 Å². The normalized spacial score (nSPS) is 21.7. The second-order valence-electron chi connectivity index (χ2n) is 14.9. The number of hydrogen-bond donors (Lipinski definition) is 2. The summed E-state index contributed by atoms with van der Waals surface area (Å²) < 4.78 is 13.4. The molecule has 0 radical (unpaired) electrons. The molecule has 1 aliphatic carbocycles. The van der Waals surface area contributed by atoms with Crippen molar-refractivity contribution in [3.63, 3.8) is 0 Å². The minimum absolute atomic E-state index is 0.209. The summed E-state index contributed by atoms with van der Waals surface area (Å²) in [5, 5.41) is 10.8. The minimum Gasteiger partial charge on any atom is -0.444 e. The van der Waals surface area contributed by atoms with Gasteiger partial charge in [0.15, 0.2) is 5.82 Å². The number of hydrogen-bond acceptors (Lipinski definition) is 9. The van der Waals surface area contributed by atoms with E-state index in [0.29, 0.717) is 52.3 Å². The molecule has 12 heteroatoms. The first kappa shape index (κ1) is 36.1. The van der Waals surface area contributed by atoms with Crippen molar-refractivity contribution in [1.29, 1.82) is 0 Å². The van der Waals surface area contributed by atoms with Gasteiger partial charge in [-0.1, -0.05) is 57.5 Å². The van der Waals surface area contributed by atoms with Crippen molar-refractivity contribution in [1.82, 2.24) is 20.0 Å². The topological polar surface area (TPSA) is 118 Å². The van der Waals surface area contributed by atoms with Crippen LogP contribution in [0.15, 0.2) is 60.7 Å². The third-order valence-corrected chi connectivity index (χ3v) is 12.0. The molecule has 3 aliphatic rings. The minimum atomic E-state index is -0.605. The molecule has 4 aromatic rings. The Morgan fingerprint density at radius 1 is 0.962 bits per heavy atom. The fraction of sp³-hybridized carbons (Fsp3) is 0.500. The van der Waals surface area contributed by atoms with Gasteiger partial charge >= 0.3 is 6.09 Å². The van der Waals surface area contributed by atoms with Crippen molar-refractivity contribution in [2.24, 2.45) is 17.8 Å². The van der Waals surface area contributed by atoms with Gasteiger partial charge in [-0.2, -0.15) is 4.68 Å². The van der Waals surface area contributed by atoms with Crippen molar-refractivity contribution >= 4 is 51.0 Å². The first-order chi connectivity index (χ1) is 25.2. The molecule has 0 bridgehead atoms. The molecule has 2 saturated heterocycles. The smallest absolute Gasteiger partial charge is 0.435 e. The zero-order chi connectivity index (χ0) is 36.2. The third kappa shape index (κ3) is 8.19. The Morgan fingerprint density at radius 2 is 1.69 bits per heavy atom. The Bertz CT molecular complexity index is 1840. The lowest BCUT2D eigenvalue weighted by Crippen LogP contribution is -2.37. The summed E-state index contributed by atoms with van der Waals surface area (Å²) in [6.07, 6.45) is 4.36. The second-order valence-corrected chi connectivity index (χ2v) is 15.9. The monoisotopic (exact) mass is 726 g/mol. The molecule has 2 amide bonds. The van der Waals surface area contributed by atoms with Gasteiger partial charge in [-0.3, -0.25) is 9.59 Å². The molecule has 2 aliphatic heterocycles. The van der Waals surface area contributed by atoms with Gasteiger partial charge in [0.2, 0.25) is 0 Å². The van der Waals surface area contributed by atoms with Gasteiger partial charge in [0.25, 0.3) is 11.8 Å². The largest absolute Gasteiger partial charge is 0.444 e. The highest BCUT2D eigenvalue weighted by Crippen LogP contribution is 2.37. The molecule has 0 unspecified atom stereocenters. The Hall–Kier alpha value is -4.26. The van der Waals surface area contributed by atoms with E-state index in [1.807, 2.05) is 42.5 Å². The van der Waals surface area contributed by atoms with Crippen LogP contribution in [0.1, 0.15) is 84.5 Å². The summed E-state index contributed by atoms with van der Waals surface area (Å²) in [5.74, 6) is 0.675. The van der Waals surface area contributed by atoms with E-state index in [2.05, 4.69) is 46.3 Å². The number of nitrogens with zero attached hydrogens (tertiary/aromatic N) is 4. The summed E-state index contributed by atoms with van der Waals surface area (Å²) >= 11 is 1.21.